The molecule has 1 aliphatic heterocycles. The lowest BCUT2D eigenvalue weighted by Gasteiger charge is -2.28. The standard InChI is InChI=1S/C23H30N2O2/c1-23(2,3)20-11-9-19(10-12-20)22(26)24-21(18-7-5-4-6-8-18)17-25-13-15-27-16-14-25/h4-12,21H,13-17H2,1-3H3,(H,24,26)/p+1/t21-/m0/s1. The van der Waals surface area contributed by atoms with Crippen LogP contribution in [-0.4, -0.2) is 38.8 Å². The summed E-state index contributed by atoms with van der Waals surface area (Å²) in [5, 5.41) is 3.25. The average Bonchev–Trinajstić information content (AvgIpc) is 2.68. The Morgan fingerprint density at radius 3 is 2.26 bits per heavy atom. The number of ether oxygens (including phenoxy) is 1. The maximum absolute atomic E-state index is 12.9. The van der Waals surface area contributed by atoms with Gasteiger partial charge < -0.3 is 15.0 Å². The largest absolute Gasteiger partial charge is 0.370 e. The topological polar surface area (TPSA) is 42.8 Å². The van der Waals surface area contributed by atoms with Gasteiger partial charge in [-0.2, -0.15) is 0 Å². The lowest BCUT2D eigenvalue weighted by Crippen LogP contribution is -3.14. The number of nitrogens with one attached hydrogen (secondary N) is 2. The van der Waals surface area contributed by atoms with Gasteiger partial charge in [-0.1, -0.05) is 63.2 Å². The van der Waals surface area contributed by atoms with E-state index in [4.69, 9.17) is 4.74 Å². The molecular formula is C23H31N2O2+. The van der Waals surface area contributed by atoms with E-state index in [1.165, 1.54) is 10.5 Å². The summed E-state index contributed by atoms with van der Waals surface area (Å²) in [7, 11) is 0. The second kappa shape index (κ2) is 8.68. The van der Waals surface area contributed by atoms with Gasteiger partial charge in [-0.25, -0.2) is 0 Å². The van der Waals surface area contributed by atoms with Crippen molar-refractivity contribution in [1.29, 1.82) is 0 Å². The molecular weight excluding hydrogens is 336 g/mol. The number of carbonyl (C=O) groups excluding carboxylic acids is 1. The number of carbonyl (C=O) groups is 1. The summed E-state index contributed by atoms with van der Waals surface area (Å²) >= 11 is 0. The van der Waals surface area contributed by atoms with Crippen LogP contribution in [0.5, 0.6) is 0 Å². The van der Waals surface area contributed by atoms with Gasteiger partial charge in [0.15, 0.2) is 0 Å². The van der Waals surface area contributed by atoms with Crippen molar-refractivity contribution in [2.24, 2.45) is 0 Å². The van der Waals surface area contributed by atoms with Crippen molar-refractivity contribution in [2.45, 2.75) is 32.2 Å². The zero-order valence-corrected chi connectivity index (χ0v) is 16.6. The third-order valence-electron chi connectivity index (χ3n) is 5.21. The molecule has 2 N–H and O–H groups in total. The van der Waals surface area contributed by atoms with Gasteiger partial charge in [0.05, 0.1) is 13.2 Å². The van der Waals surface area contributed by atoms with Crippen LogP contribution in [0.1, 0.15) is 48.3 Å². The highest BCUT2D eigenvalue weighted by atomic mass is 16.5. The van der Waals surface area contributed by atoms with Gasteiger partial charge in [0.1, 0.15) is 25.7 Å². The Bertz CT molecular complexity index is 729. The molecule has 0 spiro atoms. The van der Waals surface area contributed by atoms with Crippen molar-refractivity contribution in [1.82, 2.24) is 5.32 Å². The molecule has 0 aromatic heterocycles. The first kappa shape index (κ1) is 19.6. The number of quaternary nitrogens is 1. The van der Waals surface area contributed by atoms with Crippen LogP contribution in [0.15, 0.2) is 54.6 Å². The molecule has 1 aliphatic rings. The van der Waals surface area contributed by atoms with E-state index < -0.39 is 0 Å². The molecule has 27 heavy (non-hydrogen) atoms. The van der Waals surface area contributed by atoms with Crippen molar-refractivity contribution >= 4 is 5.91 Å². The molecule has 0 unspecified atom stereocenters. The highest BCUT2D eigenvalue weighted by Crippen LogP contribution is 2.22. The first-order chi connectivity index (χ1) is 12.9. The predicted molar refractivity (Wildman–Crippen MR) is 108 cm³/mol. The van der Waals surface area contributed by atoms with Crippen LogP contribution in [0.25, 0.3) is 0 Å². The summed E-state index contributed by atoms with van der Waals surface area (Å²) in [6, 6.07) is 18.2. The van der Waals surface area contributed by atoms with Crippen LogP contribution in [0.4, 0.5) is 0 Å². The first-order valence-corrected chi connectivity index (χ1v) is 9.81. The number of hydrogen-bond acceptors (Lipinski definition) is 2. The third kappa shape index (κ3) is 5.41. The minimum atomic E-state index is -0.0167. The maximum Gasteiger partial charge on any atom is 0.251 e. The van der Waals surface area contributed by atoms with E-state index in [1.54, 1.807) is 0 Å². The summed E-state index contributed by atoms with van der Waals surface area (Å²) in [5.74, 6) is -0.0167. The normalized spacial score (nSPS) is 16.7. The zero-order chi connectivity index (χ0) is 19.3. The van der Waals surface area contributed by atoms with Crippen LogP contribution in [0, 0.1) is 0 Å². The van der Waals surface area contributed by atoms with E-state index in [0.717, 1.165) is 38.4 Å². The fourth-order valence-electron chi connectivity index (χ4n) is 3.45. The molecule has 2 aromatic rings. The average molecular weight is 368 g/mol. The highest BCUT2D eigenvalue weighted by molar-refractivity contribution is 5.94. The molecule has 4 heteroatoms. The SMILES string of the molecule is CC(C)(C)c1ccc(C(=O)N[C@@H](C[NH+]2CCOCC2)c2ccccc2)cc1. The number of morpholine rings is 1. The van der Waals surface area contributed by atoms with Crippen molar-refractivity contribution in [3.8, 4) is 0 Å². The number of benzene rings is 2. The van der Waals surface area contributed by atoms with Crippen molar-refractivity contribution in [3.63, 3.8) is 0 Å². The van der Waals surface area contributed by atoms with E-state index >= 15 is 0 Å². The Morgan fingerprint density at radius 2 is 1.67 bits per heavy atom. The molecule has 3 rings (SSSR count). The molecule has 144 valence electrons. The Morgan fingerprint density at radius 1 is 1.04 bits per heavy atom. The molecule has 1 saturated heterocycles. The molecule has 4 nitrogen and oxygen atoms in total. The van der Waals surface area contributed by atoms with Gasteiger partial charge in [0.2, 0.25) is 0 Å². The highest BCUT2D eigenvalue weighted by Gasteiger charge is 2.23. The van der Waals surface area contributed by atoms with Crippen molar-refractivity contribution < 1.29 is 14.4 Å². The van der Waals surface area contributed by atoms with E-state index in [2.05, 4.69) is 50.4 Å². The lowest BCUT2D eigenvalue weighted by atomic mass is 9.86. The minimum absolute atomic E-state index is 0.00547. The Labute approximate surface area is 162 Å². The van der Waals surface area contributed by atoms with Crippen LogP contribution >= 0.6 is 0 Å². The molecule has 1 heterocycles. The summed E-state index contributed by atoms with van der Waals surface area (Å²) in [6.07, 6.45) is 0. The van der Waals surface area contributed by atoms with E-state index in [0.29, 0.717) is 5.56 Å². The molecule has 1 fully saturated rings. The quantitative estimate of drug-likeness (QED) is 0.852. The van der Waals surface area contributed by atoms with Crippen molar-refractivity contribution in [2.75, 3.05) is 32.8 Å². The molecule has 0 bridgehead atoms. The monoisotopic (exact) mass is 367 g/mol. The van der Waals surface area contributed by atoms with Gasteiger partial charge in [-0.3, -0.25) is 4.79 Å². The van der Waals surface area contributed by atoms with Gasteiger partial charge in [-0.05, 0) is 28.7 Å². The molecule has 0 aliphatic carbocycles. The summed E-state index contributed by atoms with van der Waals surface area (Å²) in [5.41, 5.74) is 3.18. The zero-order valence-electron chi connectivity index (χ0n) is 16.6. The molecule has 2 aromatic carbocycles. The van der Waals surface area contributed by atoms with Gasteiger partial charge in [0, 0.05) is 5.56 Å². The second-order valence-corrected chi connectivity index (χ2v) is 8.33. The fourth-order valence-corrected chi connectivity index (χ4v) is 3.45. The van der Waals surface area contributed by atoms with Crippen LogP contribution in [0.2, 0.25) is 0 Å². The fraction of sp³-hybridized carbons (Fsp3) is 0.435. The van der Waals surface area contributed by atoms with Gasteiger partial charge in [0.25, 0.3) is 5.91 Å². The second-order valence-electron chi connectivity index (χ2n) is 8.33. The Balaban J connectivity index is 1.73. The minimum Gasteiger partial charge on any atom is -0.370 e. The molecule has 0 saturated carbocycles. The molecule has 1 atom stereocenters. The smallest absolute Gasteiger partial charge is 0.251 e. The summed E-state index contributed by atoms with van der Waals surface area (Å²) < 4.78 is 5.47. The van der Waals surface area contributed by atoms with Gasteiger partial charge in [-0.15, -0.1) is 0 Å². The van der Waals surface area contributed by atoms with Gasteiger partial charge >= 0.3 is 0 Å². The van der Waals surface area contributed by atoms with E-state index in [9.17, 15) is 4.79 Å². The van der Waals surface area contributed by atoms with Crippen molar-refractivity contribution in [3.05, 3.63) is 71.3 Å². The summed E-state index contributed by atoms with van der Waals surface area (Å²) in [4.78, 5) is 14.4. The van der Waals surface area contributed by atoms with Crippen LogP contribution < -0.4 is 10.2 Å². The Kier molecular flexibility index (Phi) is 6.30. The number of rotatable bonds is 5. The van der Waals surface area contributed by atoms with E-state index in [1.807, 2.05) is 30.3 Å². The maximum atomic E-state index is 12.9. The third-order valence-corrected chi connectivity index (χ3v) is 5.21. The summed E-state index contributed by atoms with van der Waals surface area (Å²) in [6.45, 7) is 11.0. The number of hydrogen-bond donors (Lipinski definition) is 2. The lowest BCUT2D eigenvalue weighted by molar-refractivity contribution is -0.909. The molecule has 1 amide bonds. The Hall–Kier alpha value is -2.17. The van der Waals surface area contributed by atoms with Crippen LogP contribution in [0.3, 0.4) is 0 Å². The number of amides is 1. The first-order valence-electron chi connectivity index (χ1n) is 9.81. The van der Waals surface area contributed by atoms with Crippen LogP contribution in [-0.2, 0) is 10.2 Å². The predicted octanol–water partition coefficient (Wildman–Crippen LogP) is 2.37. The molecule has 0 radical (unpaired) electrons. The van der Waals surface area contributed by atoms with E-state index in [-0.39, 0.29) is 17.4 Å².